The third-order valence-corrected chi connectivity index (χ3v) is 5.64. The van der Waals surface area contributed by atoms with E-state index < -0.39 is 0 Å². The molecule has 24 heavy (non-hydrogen) atoms. The van der Waals surface area contributed by atoms with E-state index in [1.54, 1.807) is 0 Å². The average molecular weight is 351 g/mol. The summed E-state index contributed by atoms with van der Waals surface area (Å²) in [5.41, 5.74) is 2.75. The Kier molecular flexibility index (Phi) is 7.57. The van der Waals surface area contributed by atoms with E-state index in [9.17, 15) is 4.79 Å². The lowest BCUT2D eigenvalue weighted by atomic mass is 9.93. The van der Waals surface area contributed by atoms with Crippen LogP contribution in [0.5, 0.6) is 0 Å². The largest absolute Gasteiger partial charge is 0.339 e. The van der Waals surface area contributed by atoms with Crippen LogP contribution in [0.1, 0.15) is 49.7 Å². The quantitative estimate of drug-likeness (QED) is 0.877. The molecule has 1 N–H and O–H groups in total. The molecule has 2 heterocycles. The van der Waals surface area contributed by atoms with Gasteiger partial charge in [0.25, 0.3) is 0 Å². The monoisotopic (exact) mass is 350 g/mol. The number of carbonyl (C=O) groups is 1. The van der Waals surface area contributed by atoms with Crippen molar-refractivity contribution in [2.24, 2.45) is 5.92 Å². The standard InChI is InChI=1S/C20H30N2O.ClH/c1-16-5-2-3-6-18(16)15-19-7-4-14-22(19)20(23)9-8-17-10-12-21-13-11-17;/h2-3,5-6,17,19,21H,4,7-15H2,1H3;1H. The van der Waals surface area contributed by atoms with Gasteiger partial charge in [-0.05, 0) is 75.6 Å². The van der Waals surface area contributed by atoms with Gasteiger partial charge in [-0.3, -0.25) is 4.79 Å². The number of carbonyl (C=O) groups excluding carboxylic acids is 1. The highest BCUT2D eigenvalue weighted by Gasteiger charge is 2.29. The predicted molar refractivity (Wildman–Crippen MR) is 102 cm³/mol. The molecule has 0 aliphatic carbocycles. The van der Waals surface area contributed by atoms with Crippen LogP contribution in [0.4, 0.5) is 0 Å². The number of piperidine rings is 1. The fourth-order valence-electron chi connectivity index (χ4n) is 4.11. The van der Waals surface area contributed by atoms with Gasteiger partial charge in [0, 0.05) is 19.0 Å². The Balaban J connectivity index is 0.00000208. The molecule has 4 heteroatoms. The number of amides is 1. The lowest BCUT2D eigenvalue weighted by Gasteiger charge is -2.27. The molecule has 3 rings (SSSR count). The van der Waals surface area contributed by atoms with Crippen molar-refractivity contribution in [3.8, 4) is 0 Å². The van der Waals surface area contributed by atoms with Crippen molar-refractivity contribution in [2.75, 3.05) is 19.6 Å². The SMILES string of the molecule is Cc1ccccc1CC1CCCN1C(=O)CCC1CCNCC1.Cl. The highest BCUT2D eigenvalue weighted by atomic mass is 35.5. The fraction of sp³-hybridized carbons (Fsp3) is 0.650. The maximum Gasteiger partial charge on any atom is 0.222 e. The summed E-state index contributed by atoms with van der Waals surface area (Å²) < 4.78 is 0. The normalized spacial score (nSPS) is 21.5. The highest BCUT2D eigenvalue weighted by Crippen LogP contribution is 2.25. The van der Waals surface area contributed by atoms with Gasteiger partial charge in [0.15, 0.2) is 0 Å². The average Bonchev–Trinajstić information content (AvgIpc) is 3.04. The number of nitrogens with one attached hydrogen (secondary N) is 1. The Morgan fingerprint density at radius 1 is 1.21 bits per heavy atom. The van der Waals surface area contributed by atoms with E-state index in [1.165, 1.54) is 24.0 Å². The van der Waals surface area contributed by atoms with Gasteiger partial charge in [-0.2, -0.15) is 0 Å². The van der Waals surface area contributed by atoms with E-state index in [4.69, 9.17) is 0 Å². The zero-order valence-corrected chi connectivity index (χ0v) is 15.6. The Morgan fingerprint density at radius 2 is 1.96 bits per heavy atom. The number of aryl methyl sites for hydroxylation is 1. The zero-order chi connectivity index (χ0) is 16.1. The Bertz CT molecular complexity index is 528. The van der Waals surface area contributed by atoms with Gasteiger partial charge in [-0.15, -0.1) is 12.4 Å². The molecule has 0 saturated carbocycles. The summed E-state index contributed by atoms with van der Waals surface area (Å²) >= 11 is 0. The van der Waals surface area contributed by atoms with E-state index in [1.807, 2.05) is 0 Å². The number of halogens is 1. The molecule has 0 radical (unpaired) electrons. The second kappa shape index (κ2) is 9.43. The van der Waals surface area contributed by atoms with Gasteiger partial charge in [0.05, 0.1) is 0 Å². The van der Waals surface area contributed by atoms with Crippen LogP contribution in [-0.4, -0.2) is 36.5 Å². The van der Waals surface area contributed by atoms with Crippen molar-refractivity contribution in [1.82, 2.24) is 10.2 Å². The number of nitrogens with zero attached hydrogens (tertiary/aromatic N) is 1. The minimum absolute atomic E-state index is 0. The van der Waals surface area contributed by atoms with Crippen molar-refractivity contribution in [2.45, 2.75) is 57.9 Å². The second-order valence-electron chi connectivity index (χ2n) is 7.25. The summed E-state index contributed by atoms with van der Waals surface area (Å²) in [4.78, 5) is 14.9. The molecule has 2 fully saturated rings. The number of rotatable bonds is 5. The summed E-state index contributed by atoms with van der Waals surface area (Å²) in [6.45, 7) is 5.38. The van der Waals surface area contributed by atoms with Crippen molar-refractivity contribution in [3.63, 3.8) is 0 Å². The minimum atomic E-state index is 0. The molecule has 1 aromatic rings. The molecule has 3 nitrogen and oxygen atoms in total. The lowest BCUT2D eigenvalue weighted by Crippen LogP contribution is -2.37. The van der Waals surface area contributed by atoms with E-state index in [-0.39, 0.29) is 12.4 Å². The lowest BCUT2D eigenvalue weighted by molar-refractivity contribution is -0.132. The highest BCUT2D eigenvalue weighted by molar-refractivity contribution is 5.85. The molecule has 0 aromatic heterocycles. The summed E-state index contributed by atoms with van der Waals surface area (Å²) in [5.74, 6) is 1.14. The van der Waals surface area contributed by atoms with Crippen molar-refractivity contribution in [1.29, 1.82) is 0 Å². The van der Waals surface area contributed by atoms with Crippen LogP contribution in [-0.2, 0) is 11.2 Å². The molecule has 2 aliphatic rings. The Hall–Kier alpha value is -1.06. The molecule has 1 unspecified atom stereocenters. The number of hydrogen-bond acceptors (Lipinski definition) is 2. The van der Waals surface area contributed by atoms with Crippen LogP contribution in [0.25, 0.3) is 0 Å². The zero-order valence-electron chi connectivity index (χ0n) is 14.8. The smallest absolute Gasteiger partial charge is 0.222 e. The first-order chi connectivity index (χ1) is 11.2. The van der Waals surface area contributed by atoms with Crippen LogP contribution in [0.15, 0.2) is 24.3 Å². The molecule has 2 aliphatic heterocycles. The van der Waals surface area contributed by atoms with Crippen LogP contribution in [0.3, 0.4) is 0 Å². The summed E-state index contributed by atoms with van der Waals surface area (Å²) in [6, 6.07) is 9.01. The molecular weight excluding hydrogens is 320 g/mol. The molecular formula is C20H31ClN2O. The molecule has 0 bridgehead atoms. The second-order valence-corrected chi connectivity index (χ2v) is 7.25. The van der Waals surface area contributed by atoms with E-state index in [0.717, 1.165) is 57.7 Å². The van der Waals surface area contributed by atoms with Crippen molar-refractivity contribution < 1.29 is 4.79 Å². The first-order valence-corrected chi connectivity index (χ1v) is 9.28. The van der Waals surface area contributed by atoms with E-state index in [0.29, 0.717) is 11.9 Å². The topological polar surface area (TPSA) is 32.3 Å². The summed E-state index contributed by atoms with van der Waals surface area (Å²) in [7, 11) is 0. The molecule has 1 aromatic carbocycles. The van der Waals surface area contributed by atoms with Crippen LogP contribution in [0, 0.1) is 12.8 Å². The van der Waals surface area contributed by atoms with Crippen molar-refractivity contribution in [3.05, 3.63) is 35.4 Å². The fourth-order valence-corrected chi connectivity index (χ4v) is 4.11. The maximum absolute atomic E-state index is 12.7. The molecule has 134 valence electrons. The maximum atomic E-state index is 12.7. The Labute approximate surface area is 152 Å². The Morgan fingerprint density at radius 3 is 2.71 bits per heavy atom. The van der Waals surface area contributed by atoms with Crippen LogP contribution in [0.2, 0.25) is 0 Å². The third-order valence-electron chi connectivity index (χ3n) is 5.64. The molecule has 2 saturated heterocycles. The van der Waals surface area contributed by atoms with Gasteiger partial charge < -0.3 is 10.2 Å². The first-order valence-electron chi connectivity index (χ1n) is 9.28. The third kappa shape index (κ3) is 4.97. The van der Waals surface area contributed by atoms with Crippen LogP contribution < -0.4 is 5.32 Å². The predicted octanol–water partition coefficient (Wildman–Crippen LogP) is 3.73. The van der Waals surface area contributed by atoms with E-state index in [2.05, 4.69) is 41.4 Å². The van der Waals surface area contributed by atoms with Gasteiger partial charge in [0.1, 0.15) is 0 Å². The van der Waals surface area contributed by atoms with E-state index >= 15 is 0 Å². The van der Waals surface area contributed by atoms with Gasteiger partial charge in [-0.1, -0.05) is 24.3 Å². The summed E-state index contributed by atoms with van der Waals surface area (Å²) in [5, 5.41) is 3.40. The van der Waals surface area contributed by atoms with Crippen LogP contribution >= 0.6 is 12.4 Å². The van der Waals surface area contributed by atoms with Gasteiger partial charge in [-0.25, -0.2) is 0 Å². The molecule has 1 atom stereocenters. The molecule has 1 amide bonds. The molecule has 0 spiro atoms. The van der Waals surface area contributed by atoms with Gasteiger partial charge in [0.2, 0.25) is 5.91 Å². The van der Waals surface area contributed by atoms with Gasteiger partial charge >= 0.3 is 0 Å². The minimum Gasteiger partial charge on any atom is -0.339 e. The number of benzene rings is 1. The summed E-state index contributed by atoms with van der Waals surface area (Å²) in [6.07, 6.45) is 7.64. The number of hydrogen-bond donors (Lipinski definition) is 1. The first kappa shape index (κ1) is 19.3. The number of likely N-dealkylation sites (tertiary alicyclic amines) is 1. The van der Waals surface area contributed by atoms with Crippen molar-refractivity contribution >= 4 is 18.3 Å².